The summed E-state index contributed by atoms with van der Waals surface area (Å²) in [4.78, 5) is 20.6. The highest BCUT2D eigenvalue weighted by molar-refractivity contribution is 7.09. The third-order valence-corrected chi connectivity index (χ3v) is 4.34. The highest BCUT2D eigenvalue weighted by Gasteiger charge is 2.10. The lowest BCUT2D eigenvalue weighted by molar-refractivity contribution is -0.115. The largest absolute Gasteiger partial charge is 0.441 e. The second-order valence-electron chi connectivity index (χ2n) is 5.88. The smallest absolute Gasteiger partial charge is 0.230 e. The average molecular weight is 341 g/mol. The van der Waals surface area contributed by atoms with Crippen molar-refractivity contribution in [1.29, 1.82) is 0 Å². The summed E-state index contributed by atoms with van der Waals surface area (Å²) in [5, 5.41) is 5.75. The Morgan fingerprint density at radius 1 is 1.29 bits per heavy atom. The third kappa shape index (κ3) is 3.89. The van der Waals surface area contributed by atoms with E-state index in [9.17, 15) is 4.79 Å². The molecule has 0 unspecified atom stereocenters. The van der Waals surface area contributed by atoms with Crippen molar-refractivity contribution in [2.75, 3.05) is 5.32 Å². The van der Waals surface area contributed by atoms with Crippen molar-refractivity contribution in [2.24, 2.45) is 0 Å². The number of nitrogens with one attached hydrogen (secondary N) is 1. The first kappa shape index (κ1) is 16.4. The van der Waals surface area contributed by atoms with Crippen molar-refractivity contribution in [2.45, 2.75) is 33.1 Å². The Hall–Kier alpha value is -2.47. The second kappa shape index (κ2) is 6.97. The van der Waals surface area contributed by atoms with E-state index in [0.717, 1.165) is 27.7 Å². The zero-order valence-corrected chi connectivity index (χ0v) is 14.7. The van der Waals surface area contributed by atoms with Gasteiger partial charge < -0.3 is 9.73 Å². The fourth-order valence-electron chi connectivity index (χ4n) is 2.24. The molecule has 0 fully saturated rings. The maximum absolute atomic E-state index is 12.0. The highest BCUT2D eigenvalue weighted by Crippen LogP contribution is 2.24. The minimum Gasteiger partial charge on any atom is -0.441 e. The summed E-state index contributed by atoms with van der Waals surface area (Å²) in [6.45, 7) is 6.05. The Morgan fingerprint density at radius 2 is 2.04 bits per heavy atom. The van der Waals surface area contributed by atoms with Gasteiger partial charge in [0.05, 0.1) is 23.3 Å². The van der Waals surface area contributed by atoms with Gasteiger partial charge in [0.1, 0.15) is 5.76 Å². The van der Waals surface area contributed by atoms with Crippen LogP contribution >= 0.6 is 11.3 Å². The van der Waals surface area contributed by atoms with Gasteiger partial charge in [-0.3, -0.25) is 4.79 Å². The van der Waals surface area contributed by atoms with Gasteiger partial charge in [0.25, 0.3) is 0 Å². The van der Waals surface area contributed by atoms with Crippen LogP contribution in [0.2, 0.25) is 0 Å². The Morgan fingerprint density at radius 3 is 2.62 bits per heavy atom. The Kier molecular flexibility index (Phi) is 4.76. The molecule has 0 atom stereocenters. The van der Waals surface area contributed by atoms with Gasteiger partial charge >= 0.3 is 0 Å². The van der Waals surface area contributed by atoms with Gasteiger partial charge in [0.2, 0.25) is 11.8 Å². The molecule has 3 rings (SSSR count). The number of rotatable bonds is 5. The van der Waals surface area contributed by atoms with Crippen LogP contribution < -0.4 is 5.32 Å². The van der Waals surface area contributed by atoms with E-state index in [2.05, 4.69) is 29.1 Å². The molecule has 1 N–H and O–H groups in total. The number of carbonyl (C=O) groups excluding carboxylic acids is 1. The molecule has 0 radical (unpaired) electrons. The Bertz CT molecular complexity index is 834. The first-order valence-corrected chi connectivity index (χ1v) is 8.66. The number of aryl methyl sites for hydroxylation is 1. The molecule has 1 aromatic carbocycles. The normalized spacial score (nSPS) is 11.0. The van der Waals surface area contributed by atoms with Crippen LogP contribution in [0.5, 0.6) is 0 Å². The first-order chi connectivity index (χ1) is 11.5. The predicted molar refractivity (Wildman–Crippen MR) is 95.2 cm³/mol. The number of hydrogen-bond acceptors (Lipinski definition) is 5. The van der Waals surface area contributed by atoms with E-state index in [1.54, 1.807) is 17.5 Å². The van der Waals surface area contributed by atoms with Crippen LogP contribution in [0.4, 0.5) is 5.69 Å². The van der Waals surface area contributed by atoms with E-state index in [4.69, 9.17) is 4.42 Å². The lowest BCUT2D eigenvalue weighted by Crippen LogP contribution is -2.14. The first-order valence-electron chi connectivity index (χ1n) is 7.78. The van der Waals surface area contributed by atoms with E-state index in [1.807, 2.05) is 36.6 Å². The van der Waals surface area contributed by atoms with Gasteiger partial charge in [-0.05, 0) is 31.2 Å². The van der Waals surface area contributed by atoms with Gasteiger partial charge in [0, 0.05) is 22.5 Å². The Labute approximate surface area is 144 Å². The van der Waals surface area contributed by atoms with E-state index < -0.39 is 0 Å². The molecule has 2 aromatic heterocycles. The summed E-state index contributed by atoms with van der Waals surface area (Å²) in [6.07, 6.45) is 2.04. The molecule has 6 heteroatoms. The molecule has 0 aliphatic rings. The van der Waals surface area contributed by atoms with Gasteiger partial charge in [-0.25, -0.2) is 9.97 Å². The van der Waals surface area contributed by atoms with Crippen LogP contribution in [0, 0.1) is 6.92 Å². The van der Waals surface area contributed by atoms with Crippen LogP contribution in [0.3, 0.4) is 0 Å². The SMILES string of the molecule is Cc1nc(CC(=O)Nc2ccc(-c3ncc(C(C)C)o3)cc2)cs1. The van der Waals surface area contributed by atoms with E-state index >= 15 is 0 Å². The molecule has 1 amide bonds. The number of aromatic nitrogens is 2. The molecule has 0 bridgehead atoms. The lowest BCUT2D eigenvalue weighted by Gasteiger charge is -2.05. The van der Waals surface area contributed by atoms with Crippen molar-refractivity contribution in [3.63, 3.8) is 0 Å². The average Bonchev–Trinajstić information content (AvgIpc) is 3.17. The predicted octanol–water partition coefficient (Wildman–Crippen LogP) is 4.41. The maximum Gasteiger partial charge on any atom is 0.230 e. The minimum atomic E-state index is -0.0775. The third-order valence-electron chi connectivity index (χ3n) is 3.52. The number of nitrogens with zero attached hydrogens (tertiary/aromatic N) is 2. The number of thiazole rings is 1. The van der Waals surface area contributed by atoms with Crippen molar-refractivity contribution in [1.82, 2.24) is 9.97 Å². The van der Waals surface area contributed by atoms with Crippen molar-refractivity contribution >= 4 is 22.9 Å². The quantitative estimate of drug-likeness (QED) is 0.746. The standard InChI is InChI=1S/C18H19N3O2S/c1-11(2)16-9-19-18(23-16)13-4-6-14(7-5-13)21-17(22)8-15-10-24-12(3)20-15/h4-7,9-11H,8H2,1-3H3,(H,21,22). The molecule has 0 aliphatic heterocycles. The van der Waals surface area contributed by atoms with Crippen molar-refractivity contribution < 1.29 is 9.21 Å². The van der Waals surface area contributed by atoms with E-state index in [-0.39, 0.29) is 12.3 Å². The molecule has 5 nitrogen and oxygen atoms in total. The number of benzene rings is 1. The molecule has 0 aliphatic carbocycles. The number of oxazole rings is 1. The molecule has 2 heterocycles. The monoisotopic (exact) mass is 341 g/mol. The van der Waals surface area contributed by atoms with Crippen molar-refractivity contribution in [3.8, 4) is 11.5 Å². The van der Waals surface area contributed by atoms with Gasteiger partial charge in [-0.15, -0.1) is 11.3 Å². The molecule has 0 spiro atoms. The second-order valence-corrected chi connectivity index (χ2v) is 6.94. The summed E-state index contributed by atoms with van der Waals surface area (Å²) in [5.41, 5.74) is 2.42. The van der Waals surface area contributed by atoms with E-state index in [0.29, 0.717) is 11.8 Å². The topological polar surface area (TPSA) is 68.0 Å². The molecular weight excluding hydrogens is 322 g/mol. The summed E-state index contributed by atoms with van der Waals surface area (Å²) in [7, 11) is 0. The van der Waals surface area contributed by atoms with Gasteiger partial charge in [0.15, 0.2) is 0 Å². The fourth-order valence-corrected chi connectivity index (χ4v) is 2.85. The molecule has 0 saturated carbocycles. The van der Waals surface area contributed by atoms with Gasteiger partial charge in [-0.1, -0.05) is 13.8 Å². The molecule has 24 heavy (non-hydrogen) atoms. The Balaban J connectivity index is 1.64. The minimum absolute atomic E-state index is 0.0775. The van der Waals surface area contributed by atoms with Crippen LogP contribution in [-0.2, 0) is 11.2 Å². The summed E-state index contributed by atoms with van der Waals surface area (Å²) in [6, 6.07) is 7.47. The zero-order chi connectivity index (χ0) is 17.1. The summed E-state index contributed by atoms with van der Waals surface area (Å²) in [5.74, 6) is 1.68. The molecule has 3 aromatic rings. The number of anilines is 1. The number of amides is 1. The van der Waals surface area contributed by atoms with Crippen LogP contribution in [-0.4, -0.2) is 15.9 Å². The number of hydrogen-bond donors (Lipinski definition) is 1. The summed E-state index contributed by atoms with van der Waals surface area (Å²) >= 11 is 1.55. The van der Waals surface area contributed by atoms with Crippen LogP contribution in [0.1, 0.15) is 36.2 Å². The lowest BCUT2D eigenvalue weighted by atomic mass is 10.2. The van der Waals surface area contributed by atoms with E-state index in [1.165, 1.54) is 0 Å². The molecular formula is C18H19N3O2S. The van der Waals surface area contributed by atoms with Gasteiger partial charge in [-0.2, -0.15) is 0 Å². The summed E-state index contributed by atoms with van der Waals surface area (Å²) < 4.78 is 5.73. The number of carbonyl (C=O) groups is 1. The fraction of sp³-hybridized carbons (Fsp3) is 0.278. The molecule has 124 valence electrons. The van der Waals surface area contributed by atoms with Crippen molar-refractivity contribution in [3.05, 3.63) is 52.3 Å². The van der Waals surface area contributed by atoms with Crippen LogP contribution in [0.25, 0.3) is 11.5 Å². The zero-order valence-electron chi connectivity index (χ0n) is 13.9. The highest BCUT2D eigenvalue weighted by atomic mass is 32.1. The molecule has 0 saturated heterocycles. The maximum atomic E-state index is 12.0. The van der Waals surface area contributed by atoms with Crippen LogP contribution in [0.15, 0.2) is 40.3 Å².